The van der Waals surface area contributed by atoms with E-state index in [1.54, 1.807) is 19.1 Å². The van der Waals surface area contributed by atoms with E-state index in [-0.39, 0.29) is 17.7 Å². The number of methoxy groups -OCH3 is 2. The van der Waals surface area contributed by atoms with Gasteiger partial charge in [-0.05, 0) is 18.6 Å². The van der Waals surface area contributed by atoms with Crippen molar-refractivity contribution in [3.63, 3.8) is 0 Å². The van der Waals surface area contributed by atoms with Gasteiger partial charge in [0.05, 0.1) is 37.6 Å². The van der Waals surface area contributed by atoms with Crippen molar-refractivity contribution < 1.29 is 19.1 Å². The van der Waals surface area contributed by atoms with Crippen molar-refractivity contribution in [2.75, 3.05) is 20.8 Å². The minimum atomic E-state index is -0.228. The molecule has 0 saturated carbocycles. The lowest BCUT2D eigenvalue weighted by atomic mass is 9.96. The highest BCUT2D eigenvalue weighted by atomic mass is 16.5. The van der Waals surface area contributed by atoms with Crippen LogP contribution in [0, 0.1) is 5.92 Å². The summed E-state index contributed by atoms with van der Waals surface area (Å²) in [6.07, 6.45) is 0.931. The predicted octanol–water partition coefficient (Wildman–Crippen LogP) is 1.62. The summed E-state index contributed by atoms with van der Waals surface area (Å²) in [5.41, 5.74) is 2.54. The van der Waals surface area contributed by atoms with Crippen LogP contribution in [0.3, 0.4) is 0 Å². The molecule has 3 rings (SSSR count). The Morgan fingerprint density at radius 2 is 2.18 bits per heavy atom. The van der Waals surface area contributed by atoms with Crippen LogP contribution in [0.25, 0.3) is 0 Å². The van der Waals surface area contributed by atoms with Crippen molar-refractivity contribution in [2.24, 2.45) is 5.92 Å². The maximum Gasteiger partial charge on any atom is 0.225 e. The van der Waals surface area contributed by atoms with Crippen LogP contribution >= 0.6 is 0 Å². The van der Waals surface area contributed by atoms with Crippen molar-refractivity contribution in [1.29, 1.82) is 0 Å². The van der Waals surface area contributed by atoms with E-state index in [9.17, 15) is 9.59 Å². The number of rotatable bonds is 8. The number of hydrogen-bond donors (Lipinski definition) is 2. The smallest absolute Gasteiger partial charge is 0.225 e. The van der Waals surface area contributed by atoms with Gasteiger partial charge in [0.1, 0.15) is 5.75 Å². The number of nitrogens with one attached hydrogen (secondary N) is 2. The maximum absolute atomic E-state index is 12.6. The van der Waals surface area contributed by atoms with Crippen LogP contribution in [0.1, 0.15) is 29.8 Å². The van der Waals surface area contributed by atoms with E-state index >= 15 is 0 Å². The van der Waals surface area contributed by atoms with Gasteiger partial charge in [-0.15, -0.1) is 0 Å². The third-order valence-electron chi connectivity index (χ3n) is 4.85. The molecule has 0 unspecified atom stereocenters. The highest BCUT2D eigenvalue weighted by molar-refractivity contribution is 5.83. The fourth-order valence-corrected chi connectivity index (χ4v) is 3.37. The third kappa shape index (κ3) is 4.89. The van der Waals surface area contributed by atoms with E-state index < -0.39 is 0 Å². The molecule has 2 aromatic rings. The number of hydrogen-bond acceptors (Lipinski definition) is 5. The molecular weight excluding hydrogens is 360 g/mol. The quantitative estimate of drug-likeness (QED) is 0.719. The maximum atomic E-state index is 12.6. The first-order chi connectivity index (χ1) is 13.6. The molecule has 1 aliphatic heterocycles. The van der Waals surface area contributed by atoms with Gasteiger partial charge in [0.25, 0.3) is 0 Å². The Kier molecular flexibility index (Phi) is 6.65. The number of benzene rings is 1. The average molecular weight is 386 g/mol. The van der Waals surface area contributed by atoms with Gasteiger partial charge in [0.2, 0.25) is 11.8 Å². The standard InChI is InChI=1S/C20H26N4O4/c1-27-13-17-9-16(22-23-17)10-21-20(26)15-7-8-19(25)24(12-15)11-14-5-3-4-6-18(14)28-2/h3-6,9,15H,7-8,10-13H2,1-2H3,(H,21,26)(H,22,23)/t15-/m1/s1. The molecule has 0 radical (unpaired) electrons. The number of ether oxygens (including phenoxy) is 2. The lowest BCUT2D eigenvalue weighted by Gasteiger charge is -2.32. The summed E-state index contributed by atoms with van der Waals surface area (Å²) in [5, 5.41) is 9.93. The summed E-state index contributed by atoms with van der Waals surface area (Å²) in [4.78, 5) is 26.7. The SMILES string of the molecule is COCc1cc(CNC(=O)[C@@H]2CCC(=O)N(Cc3ccccc3OC)C2)[nH]n1. The summed E-state index contributed by atoms with van der Waals surface area (Å²) in [5.74, 6) is 0.523. The van der Waals surface area contributed by atoms with Gasteiger partial charge < -0.3 is 19.7 Å². The van der Waals surface area contributed by atoms with Crippen LogP contribution in [-0.2, 0) is 34.0 Å². The highest BCUT2D eigenvalue weighted by Gasteiger charge is 2.30. The van der Waals surface area contributed by atoms with Gasteiger partial charge >= 0.3 is 0 Å². The molecule has 2 amide bonds. The first kappa shape index (κ1) is 19.9. The van der Waals surface area contributed by atoms with Crippen molar-refractivity contribution in [2.45, 2.75) is 32.5 Å². The van der Waals surface area contributed by atoms with E-state index in [1.807, 2.05) is 30.3 Å². The first-order valence-electron chi connectivity index (χ1n) is 9.30. The van der Waals surface area contributed by atoms with E-state index in [1.165, 1.54) is 0 Å². The van der Waals surface area contributed by atoms with Crippen LogP contribution < -0.4 is 10.1 Å². The van der Waals surface area contributed by atoms with Gasteiger partial charge in [-0.2, -0.15) is 5.10 Å². The molecule has 1 saturated heterocycles. The number of carbonyl (C=O) groups is 2. The number of aromatic nitrogens is 2. The van der Waals surface area contributed by atoms with Crippen LogP contribution in [0.4, 0.5) is 0 Å². The molecule has 0 spiro atoms. The molecule has 1 aromatic carbocycles. The Bertz CT molecular complexity index is 820. The van der Waals surface area contributed by atoms with E-state index in [0.717, 1.165) is 22.7 Å². The van der Waals surface area contributed by atoms with Crippen molar-refractivity contribution in [3.8, 4) is 5.75 Å². The second-order valence-electron chi connectivity index (χ2n) is 6.86. The molecule has 8 heteroatoms. The number of likely N-dealkylation sites (tertiary alicyclic amines) is 1. The van der Waals surface area contributed by atoms with Gasteiger partial charge in [-0.1, -0.05) is 18.2 Å². The number of nitrogens with zero attached hydrogens (tertiary/aromatic N) is 2. The summed E-state index contributed by atoms with van der Waals surface area (Å²) < 4.78 is 10.4. The Balaban J connectivity index is 1.56. The Hall–Kier alpha value is -2.87. The fourth-order valence-electron chi connectivity index (χ4n) is 3.37. The topological polar surface area (TPSA) is 96.5 Å². The minimum absolute atomic E-state index is 0.0552. The Labute approximate surface area is 164 Å². The second-order valence-corrected chi connectivity index (χ2v) is 6.86. The summed E-state index contributed by atoms with van der Waals surface area (Å²) in [7, 11) is 3.22. The van der Waals surface area contributed by atoms with Gasteiger partial charge in [0, 0.05) is 32.2 Å². The van der Waals surface area contributed by atoms with Crippen LogP contribution in [0.5, 0.6) is 5.75 Å². The molecule has 2 N–H and O–H groups in total. The van der Waals surface area contributed by atoms with Crippen molar-refractivity contribution >= 4 is 11.8 Å². The lowest BCUT2D eigenvalue weighted by molar-refractivity contribution is -0.139. The highest BCUT2D eigenvalue weighted by Crippen LogP contribution is 2.24. The van der Waals surface area contributed by atoms with Crippen LogP contribution in [0.2, 0.25) is 0 Å². The van der Waals surface area contributed by atoms with E-state index in [0.29, 0.717) is 39.1 Å². The molecule has 0 aliphatic carbocycles. The molecule has 1 atom stereocenters. The number of amides is 2. The molecule has 28 heavy (non-hydrogen) atoms. The van der Waals surface area contributed by atoms with Crippen molar-refractivity contribution in [3.05, 3.63) is 47.3 Å². The monoisotopic (exact) mass is 386 g/mol. The van der Waals surface area contributed by atoms with Gasteiger partial charge in [-0.25, -0.2) is 0 Å². The molecule has 1 aromatic heterocycles. The van der Waals surface area contributed by atoms with Gasteiger partial charge in [0.15, 0.2) is 0 Å². The molecular formula is C20H26N4O4. The van der Waals surface area contributed by atoms with E-state index in [4.69, 9.17) is 9.47 Å². The molecule has 2 heterocycles. The fraction of sp³-hybridized carbons (Fsp3) is 0.450. The molecule has 1 fully saturated rings. The Morgan fingerprint density at radius 1 is 1.36 bits per heavy atom. The minimum Gasteiger partial charge on any atom is -0.496 e. The van der Waals surface area contributed by atoms with Crippen LogP contribution in [0.15, 0.2) is 30.3 Å². The second kappa shape index (κ2) is 9.36. The summed E-state index contributed by atoms with van der Waals surface area (Å²) in [6.45, 7) is 1.63. The third-order valence-corrected chi connectivity index (χ3v) is 4.85. The average Bonchev–Trinajstić information content (AvgIpc) is 3.16. The summed E-state index contributed by atoms with van der Waals surface area (Å²) >= 11 is 0. The van der Waals surface area contributed by atoms with Crippen molar-refractivity contribution in [1.82, 2.24) is 20.4 Å². The first-order valence-corrected chi connectivity index (χ1v) is 9.30. The molecule has 1 aliphatic rings. The number of piperidine rings is 1. The molecule has 150 valence electrons. The largest absolute Gasteiger partial charge is 0.496 e. The van der Waals surface area contributed by atoms with Crippen LogP contribution in [-0.4, -0.2) is 47.7 Å². The lowest BCUT2D eigenvalue weighted by Crippen LogP contribution is -2.45. The van der Waals surface area contributed by atoms with Gasteiger partial charge in [-0.3, -0.25) is 14.7 Å². The van der Waals surface area contributed by atoms with E-state index in [2.05, 4.69) is 15.5 Å². The zero-order valence-corrected chi connectivity index (χ0v) is 16.2. The zero-order valence-electron chi connectivity index (χ0n) is 16.2. The number of para-hydroxylation sites is 1. The number of aromatic amines is 1. The predicted molar refractivity (Wildman–Crippen MR) is 102 cm³/mol. The number of H-pyrrole nitrogens is 1. The Morgan fingerprint density at radius 3 is 2.96 bits per heavy atom. The molecule has 8 nitrogen and oxygen atoms in total. The summed E-state index contributed by atoms with van der Waals surface area (Å²) in [6, 6.07) is 9.48. The zero-order chi connectivity index (χ0) is 19.9. The normalized spacial score (nSPS) is 16.9. The molecule has 0 bridgehead atoms. The number of carbonyl (C=O) groups excluding carboxylic acids is 2.